The number of nitrogens with zero attached hydrogens (tertiary/aromatic N) is 1. The summed E-state index contributed by atoms with van der Waals surface area (Å²) in [5, 5.41) is 0. The van der Waals surface area contributed by atoms with E-state index in [2.05, 4.69) is 4.99 Å². The summed E-state index contributed by atoms with van der Waals surface area (Å²) in [5.74, 6) is 0.476. The van der Waals surface area contributed by atoms with Crippen molar-refractivity contribution in [1.29, 1.82) is 0 Å². The molecule has 0 saturated heterocycles. The molecule has 0 atom stereocenters. The van der Waals surface area contributed by atoms with Crippen molar-refractivity contribution < 1.29 is 13.9 Å². The molecule has 1 rings (SSSR count). The van der Waals surface area contributed by atoms with Crippen molar-refractivity contribution in [2.75, 3.05) is 7.11 Å². The van der Waals surface area contributed by atoms with Crippen molar-refractivity contribution in [2.45, 2.75) is 6.67 Å². The van der Waals surface area contributed by atoms with Crippen LogP contribution >= 0.6 is 0 Å². The number of halogens is 1. The average molecular weight is 181 g/mol. The number of aliphatic imine (C=N–C) groups is 1. The van der Waals surface area contributed by atoms with E-state index in [1.54, 1.807) is 6.07 Å². The van der Waals surface area contributed by atoms with Crippen LogP contribution in [-0.2, 0) is 11.5 Å². The quantitative estimate of drug-likeness (QED) is 0.529. The second-order valence-electron chi connectivity index (χ2n) is 2.38. The van der Waals surface area contributed by atoms with Crippen LogP contribution in [-0.4, -0.2) is 13.2 Å². The van der Waals surface area contributed by atoms with Crippen LogP contribution in [0.3, 0.4) is 0 Å². The van der Waals surface area contributed by atoms with Crippen molar-refractivity contribution >= 4 is 11.8 Å². The zero-order chi connectivity index (χ0) is 9.68. The van der Waals surface area contributed by atoms with Crippen molar-refractivity contribution in [2.24, 2.45) is 4.99 Å². The molecule has 0 aromatic heterocycles. The van der Waals surface area contributed by atoms with Crippen LogP contribution < -0.4 is 4.74 Å². The van der Waals surface area contributed by atoms with E-state index in [4.69, 9.17) is 4.74 Å². The summed E-state index contributed by atoms with van der Waals surface area (Å²) >= 11 is 0. The fourth-order valence-corrected chi connectivity index (χ4v) is 0.956. The van der Waals surface area contributed by atoms with Gasteiger partial charge in [0.15, 0.2) is 0 Å². The Bertz CT molecular complexity index is 323. The number of rotatable bonds is 3. The molecule has 0 spiro atoms. The summed E-state index contributed by atoms with van der Waals surface area (Å²) in [6, 6.07) is 4.54. The lowest BCUT2D eigenvalue weighted by molar-refractivity contribution is 0.412. The van der Waals surface area contributed by atoms with Crippen LogP contribution in [0.4, 0.5) is 10.1 Å². The largest absolute Gasteiger partial charge is 0.497 e. The van der Waals surface area contributed by atoms with Gasteiger partial charge in [-0.3, -0.25) is 0 Å². The molecule has 0 aliphatic carbocycles. The number of hydrogen-bond donors (Lipinski definition) is 0. The van der Waals surface area contributed by atoms with E-state index < -0.39 is 6.67 Å². The number of carbonyl (C=O) groups excluding carboxylic acids is 1. The van der Waals surface area contributed by atoms with E-state index >= 15 is 0 Å². The molecular formula is C9H8FNO2. The zero-order valence-corrected chi connectivity index (χ0v) is 7.08. The Morgan fingerprint density at radius 1 is 1.54 bits per heavy atom. The van der Waals surface area contributed by atoms with E-state index in [9.17, 15) is 9.18 Å². The maximum Gasteiger partial charge on any atom is 0.240 e. The maximum atomic E-state index is 12.3. The smallest absolute Gasteiger partial charge is 0.240 e. The van der Waals surface area contributed by atoms with Gasteiger partial charge in [0.25, 0.3) is 0 Å². The topological polar surface area (TPSA) is 38.7 Å². The fourth-order valence-electron chi connectivity index (χ4n) is 0.956. The molecule has 0 amide bonds. The molecule has 0 unspecified atom stereocenters. The Hall–Kier alpha value is -1.67. The Labute approximate surface area is 74.9 Å². The first-order chi connectivity index (χ1) is 6.30. The van der Waals surface area contributed by atoms with Crippen LogP contribution in [0.5, 0.6) is 5.75 Å². The Kier molecular flexibility index (Phi) is 3.17. The predicted molar refractivity (Wildman–Crippen MR) is 45.6 cm³/mol. The van der Waals surface area contributed by atoms with Crippen molar-refractivity contribution in [1.82, 2.24) is 0 Å². The van der Waals surface area contributed by atoms with Crippen molar-refractivity contribution in [3.05, 3.63) is 23.8 Å². The van der Waals surface area contributed by atoms with Crippen molar-refractivity contribution in [3.63, 3.8) is 0 Å². The summed E-state index contributed by atoms with van der Waals surface area (Å²) in [5.41, 5.74) is 0.773. The van der Waals surface area contributed by atoms with E-state index in [1.807, 2.05) is 0 Å². The monoisotopic (exact) mass is 181 g/mol. The molecule has 0 aliphatic heterocycles. The number of isocyanates is 1. The van der Waals surface area contributed by atoms with E-state index in [0.29, 0.717) is 17.0 Å². The summed E-state index contributed by atoms with van der Waals surface area (Å²) < 4.78 is 17.2. The predicted octanol–water partition coefficient (Wildman–Crippen LogP) is 2.13. The van der Waals surface area contributed by atoms with Gasteiger partial charge in [0, 0.05) is 6.07 Å². The van der Waals surface area contributed by atoms with Gasteiger partial charge in [-0.25, -0.2) is 9.18 Å². The first kappa shape index (κ1) is 9.42. The molecule has 3 nitrogen and oxygen atoms in total. The lowest BCUT2D eigenvalue weighted by Crippen LogP contribution is -1.85. The summed E-state index contributed by atoms with van der Waals surface area (Å²) in [4.78, 5) is 13.3. The highest BCUT2D eigenvalue weighted by Gasteiger charge is 1.99. The fraction of sp³-hybridized carbons (Fsp3) is 0.222. The summed E-state index contributed by atoms with van der Waals surface area (Å²) in [6.07, 6.45) is 1.38. The SMILES string of the molecule is COc1cc(CF)cc(N=C=O)c1. The minimum Gasteiger partial charge on any atom is -0.497 e. The molecule has 68 valence electrons. The number of ether oxygens (including phenoxy) is 1. The van der Waals surface area contributed by atoms with Gasteiger partial charge in [0.1, 0.15) is 12.4 Å². The van der Waals surface area contributed by atoms with Crippen LogP contribution in [0.2, 0.25) is 0 Å². The lowest BCUT2D eigenvalue weighted by atomic mass is 10.2. The Morgan fingerprint density at radius 3 is 2.85 bits per heavy atom. The van der Waals surface area contributed by atoms with Gasteiger partial charge < -0.3 is 4.74 Å². The molecule has 13 heavy (non-hydrogen) atoms. The number of methoxy groups -OCH3 is 1. The highest BCUT2D eigenvalue weighted by atomic mass is 19.1. The van der Waals surface area contributed by atoms with Crippen molar-refractivity contribution in [3.8, 4) is 5.75 Å². The molecule has 4 heteroatoms. The first-order valence-electron chi connectivity index (χ1n) is 3.62. The standard InChI is InChI=1S/C9H8FNO2/c1-13-9-3-7(5-10)2-8(4-9)11-6-12/h2-4H,5H2,1H3. The number of hydrogen-bond acceptors (Lipinski definition) is 3. The van der Waals surface area contributed by atoms with Gasteiger partial charge in [-0.15, -0.1) is 0 Å². The molecule has 0 N–H and O–H groups in total. The van der Waals surface area contributed by atoms with E-state index in [-0.39, 0.29) is 0 Å². The van der Waals surface area contributed by atoms with E-state index in [0.717, 1.165) is 0 Å². The molecular weight excluding hydrogens is 173 g/mol. The molecule has 1 aromatic rings. The summed E-state index contributed by atoms with van der Waals surface area (Å²) in [7, 11) is 1.46. The third-order valence-electron chi connectivity index (χ3n) is 1.52. The third kappa shape index (κ3) is 2.39. The molecule has 0 saturated carbocycles. The molecule has 0 radical (unpaired) electrons. The van der Waals surface area contributed by atoms with E-state index in [1.165, 1.54) is 25.3 Å². The van der Waals surface area contributed by atoms with Crippen LogP contribution in [0, 0.1) is 0 Å². The summed E-state index contributed by atoms with van der Waals surface area (Å²) in [6.45, 7) is -0.613. The molecule has 1 aromatic carbocycles. The first-order valence-corrected chi connectivity index (χ1v) is 3.62. The third-order valence-corrected chi connectivity index (χ3v) is 1.52. The highest BCUT2D eigenvalue weighted by Crippen LogP contribution is 2.23. The van der Waals surface area contributed by atoms with Gasteiger partial charge in [0.2, 0.25) is 6.08 Å². The minimum absolute atomic E-state index is 0.349. The Balaban J connectivity index is 3.14. The maximum absolute atomic E-state index is 12.3. The Morgan fingerprint density at radius 2 is 2.31 bits per heavy atom. The van der Waals surface area contributed by atoms with Gasteiger partial charge in [-0.1, -0.05) is 0 Å². The average Bonchev–Trinajstić information content (AvgIpc) is 2.17. The van der Waals surface area contributed by atoms with Gasteiger partial charge in [-0.2, -0.15) is 4.99 Å². The zero-order valence-electron chi connectivity index (χ0n) is 7.08. The minimum atomic E-state index is -0.613. The van der Waals surface area contributed by atoms with Crippen LogP contribution in [0.1, 0.15) is 5.56 Å². The molecule has 0 heterocycles. The van der Waals surface area contributed by atoms with Crippen LogP contribution in [0.15, 0.2) is 23.2 Å². The second kappa shape index (κ2) is 4.38. The molecule has 0 bridgehead atoms. The van der Waals surface area contributed by atoms with Gasteiger partial charge in [-0.05, 0) is 17.7 Å². The van der Waals surface area contributed by atoms with Gasteiger partial charge in [0.05, 0.1) is 12.8 Å². The highest BCUT2D eigenvalue weighted by molar-refractivity contribution is 5.53. The normalized spacial score (nSPS) is 9.08. The van der Waals surface area contributed by atoms with Gasteiger partial charge >= 0.3 is 0 Å². The molecule has 0 aliphatic rings. The number of alkyl halides is 1. The molecule has 0 fully saturated rings. The number of benzene rings is 1. The second-order valence-corrected chi connectivity index (χ2v) is 2.38. The lowest BCUT2D eigenvalue weighted by Gasteiger charge is -2.02. The van der Waals surface area contributed by atoms with Crippen LogP contribution in [0.25, 0.3) is 0 Å².